The van der Waals surface area contributed by atoms with Crippen LogP contribution in [0.5, 0.6) is 6.01 Å². The number of aromatic nitrogens is 2. The third kappa shape index (κ3) is 3.27. The van der Waals surface area contributed by atoms with Crippen molar-refractivity contribution in [3.05, 3.63) is 11.9 Å². The summed E-state index contributed by atoms with van der Waals surface area (Å²) in [6.07, 6.45) is 7.30. The Hall–Kier alpha value is -1.56. The van der Waals surface area contributed by atoms with Crippen LogP contribution in [-0.4, -0.2) is 42.5 Å². The van der Waals surface area contributed by atoms with Crippen LogP contribution in [0.3, 0.4) is 0 Å². The number of nitrogens with zero attached hydrogens (tertiary/aromatic N) is 2. The van der Waals surface area contributed by atoms with Gasteiger partial charge in [-0.05, 0) is 25.2 Å². The number of carbonyl (C=O) groups is 1. The van der Waals surface area contributed by atoms with E-state index >= 15 is 0 Å². The fraction of sp³-hybridized carbons (Fsp3) is 0.750. The number of hydrogen-bond donors (Lipinski definition) is 1. The molecule has 1 saturated carbocycles. The number of nitrogens with one attached hydrogen (secondary N) is 1. The quantitative estimate of drug-likeness (QED) is 0.906. The number of methoxy groups -OCH3 is 1. The first-order valence-corrected chi connectivity index (χ1v) is 8.12. The summed E-state index contributed by atoms with van der Waals surface area (Å²) in [6.45, 7) is 4.36. The fourth-order valence-corrected chi connectivity index (χ4v) is 2.90. The second kappa shape index (κ2) is 6.28. The summed E-state index contributed by atoms with van der Waals surface area (Å²) in [6, 6.07) is 0.193. The third-order valence-corrected chi connectivity index (χ3v) is 4.82. The molecule has 1 saturated heterocycles. The molecule has 1 amide bonds. The molecule has 1 aromatic heterocycles. The summed E-state index contributed by atoms with van der Waals surface area (Å²) < 4.78 is 12.2. The van der Waals surface area contributed by atoms with Gasteiger partial charge in [0.2, 0.25) is 0 Å². The zero-order chi connectivity index (χ0) is 15.6. The van der Waals surface area contributed by atoms with Crippen molar-refractivity contribution in [2.45, 2.75) is 44.4 Å². The molecular formula is C16H25N3O3. The molecule has 2 heterocycles. The zero-order valence-electron chi connectivity index (χ0n) is 13.4. The predicted octanol–water partition coefficient (Wildman–Crippen LogP) is 2.32. The lowest BCUT2D eigenvalue weighted by atomic mass is 9.80. The summed E-state index contributed by atoms with van der Waals surface area (Å²) in [5.41, 5.74) is 0.857. The number of hydrogen-bond acceptors (Lipinski definition) is 4. The van der Waals surface area contributed by atoms with Crippen LogP contribution >= 0.6 is 0 Å². The van der Waals surface area contributed by atoms with Gasteiger partial charge in [-0.15, -0.1) is 0 Å². The minimum atomic E-state index is -0.160. The van der Waals surface area contributed by atoms with E-state index in [0.717, 1.165) is 44.1 Å². The van der Waals surface area contributed by atoms with Crippen LogP contribution in [0, 0.1) is 5.92 Å². The molecule has 0 unspecified atom stereocenters. The first kappa shape index (κ1) is 15.3. The highest BCUT2D eigenvalue weighted by Gasteiger charge is 2.33. The van der Waals surface area contributed by atoms with Gasteiger partial charge in [0.15, 0.2) is 0 Å². The standard InChI is InChI=1S/C16H25N3O3/c1-16(6-9-22-10-7-16)13-11-19(15(18-13)21-2)14(20)17-8-5-12-3-4-12/h11-12H,3-10H2,1-2H3,(H,17,20). The smallest absolute Gasteiger partial charge is 0.329 e. The number of rotatable bonds is 5. The first-order chi connectivity index (χ1) is 10.6. The monoisotopic (exact) mass is 307 g/mol. The Labute approximate surface area is 131 Å². The Morgan fingerprint density at radius 1 is 1.50 bits per heavy atom. The molecule has 6 nitrogen and oxygen atoms in total. The van der Waals surface area contributed by atoms with Gasteiger partial charge in [-0.2, -0.15) is 4.98 Å². The maximum absolute atomic E-state index is 12.3. The highest BCUT2D eigenvalue weighted by Crippen LogP contribution is 2.34. The van der Waals surface area contributed by atoms with Crippen molar-refractivity contribution in [3.8, 4) is 6.01 Å². The number of imidazole rings is 1. The van der Waals surface area contributed by atoms with E-state index in [1.807, 2.05) is 6.20 Å². The third-order valence-electron chi connectivity index (χ3n) is 4.82. The van der Waals surface area contributed by atoms with Crippen molar-refractivity contribution in [2.24, 2.45) is 5.92 Å². The summed E-state index contributed by atoms with van der Waals surface area (Å²) in [4.78, 5) is 16.9. The van der Waals surface area contributed by atoms with Crippen molar-refractivity contribution in [3.63, 3.8) is 0 Å². The molecule has 1 aromatic rings. The molecule has 0 bridgehead atoms. The van der Waals surface area contributed by atoms with Gasteiger partial charge in [-0.3, -0.25) is 0 Å². The highest BCUT2D eigenvalue weighted by atomic mass is 16.5. The molecule has 122 valence electrons. The minimum absolute atomic E-state index is 0.0505. The lowest BCUT2D eigenvalue weighted by Gasteiger charge is -2.31. The molecule has 1 N–H and O–H groups in total. The molecule has 0 aromatic carbocycles. The van der Waals surface area contributed by atoms with Crippen molar-refractivity contribution < 1.29 is 14.3 Å². The Morgan fingerprint density at radius 3 is 2.86 bits per heavy atom. The lowest BCUT2D eigenvalue weighted by Crippen LogP contribution is -2.31. The summed E-state index contributed by atoms with van der Waals surface area (Å²) in [5.74, 6) is 0.807. The highest BCUT2D eigenvalue weighted by molar-refractivity contribution is 5.78. The molecular weight excluding hydrogens is 282 g/mol. The Morgan fingerprint density at radius 2 is 2.23 bits per heavy atom. The van der Waals surface area contributed by atoms with Gasteiger partial charge in [-0.25, -0.2) is 9.36 Å². The van der Waals surface area contributed by atoms with Gasteiger partial charge in [0.1, 0.15) is 0 Å². The van der Waals surface area contributed by atoms with Crippen LogP contribution < -0.4 is 10.1 Å². The Bertz CT molecular complexity index is 531. The van der Waals surface area contributed by atoms with Gasteiger partial charge in [0.05, 0.1) is 12.8 Å². The predicted molar refractivity (Wildman–Crippen MR) is 82.3 cm³/mol. The van der Waals surface area contributed by atoms with Crippen LogP contribution in [0.4, 0.5) is 4.79 Å². The largest absolute Gasteiger partial charge is 0.468 e. The first-order valence-electron chi connectivity index (χ1n) is 8.12. The maximum atomic E-state index is 12.3. The molecule has 2 aliphatic rings. The number of carbonyl (C=O) groups excluding carboxylic acids is 1. The normalized spacial score (nSPS) is 20.6. The summed E-state index contributed by atoms with van der Waals surface area (Å²) in [5, 5.41) is 2.95. The van der Waals surface area contributed by atoms with E-state index in [1.54, 1.807) is 7.11 Å². The molecule has 3 rings (SSSR count). The molecule has 0 atom stereocenters. The minimum Gasteiger partial charge on any atom is -0.468 e. The van der Waals surface area contributed by atoms with E-state index in [1.165, 1.54) is 17.4 Å². The maximum Gasteiger partial charge on any atom is 0.329 e. The molecule has 22 heavy (non-hydrogen) atoms. The Balaban J connectivity index is 1.70. The molecule has 0 radical (unpaired) electrons. The van der Waals surface area contributed by atoms with Crippen molar-refractivity contribution in [1.29, 1.82) is 0 Å². The van der Waals surface area contributed by atoms with Crippen molar-refractivity contribution >= 4 is 6.03 Å². The van der Waals surface area contributed by atoms with Crippen molar-refractivity contribution in [1.82, 2.24) is 14.9 Å². The molecule has 0 spiro atoms. The van der Waals surface area contributed by atoms with Gasteiger partial charge < -0.3 is 14.8 Å². The second-order valence-corrected chi connectivity index (χ2v) is 6.62. The van der Waals surface area contributed by atoms with Gasteiger partial charge >= 0.3 is 12.0 Å². The number of amides is 1. The zero-order valence-corrected chi connectivity index (χ0v) is 13.4. The van der Waals surface area contributed by atoms with Gasteiger partial charge in [-0.1, -0.05) is 19.8 Å². The molecule has 6 heteroatoms. The fourth-order valence-electron chi connectivity index (χ4n) is 2.90. The SMILES string of the molecule is COc1nc(C2(C)CCOCC2)cn1C(=O)NCCC1CC1. The van der Waals surface area contributed by atoms with E-state index in [-0.39, 0.29) is 11.4 Å². The van der Waals surface area contributed by atoms with E-state index in [4.69, 9.17) is 9.47 Å². The van der Waals surface area contributed by atoms with Crippen LogP contribution in [0.1, 0.15) is 44.7 Å². The topological polar surface area (TPSA) is 65.4 Å². The molecule has 1 aliphatic carbocycles. The van der Waals surface area contributed by atoms with Gasteiger partial charge in [0, 0.05) is 31.4 Å². The molecule has 1 aliphatic heterocycles. The van der Waals surface area contributed by atoms with Gasteiger partial charge in [0.25, 0.3) is 0 Å². The average Bonchev–Trinajstić information content (AvgIpc) is 3.23. The second-order valence-electron chi connectivity index (χ2n) is 6.62. The summed E-state index contributed by atoms with van der Waals surface area (Å²) in [7, 11) is 1.55. The summed E-state index contributed by atoms with van der Waals surface area (Å²) >= 11 is 0. The van der Waals surface area contributed by atoms with Crippen LogP contribution in [0.25, 0.3) is 0 Å². The number of ether oxygens (including phenoxy) is 2. The van der Waals surface area contributed by atoms with Crippen molar-refractivity contribution in [2.75, 3.05) is 26.9 Å². The van der Waals surface area contributed by atoms with E-state index in [9.17, 15) is 4.79 Å². The van der Waals surface area contributed by atoms with Crippen LogP contribution in [0.15, 0.2) is 6.20 Å². The lowest BCUT2D eigenvalue weighted by molar-refractivity contribution is 0.0551. The Kier molecular flexibility index (Phi) is 4.38. The van der Waals surface area contributed by atoms with Crippen LogP contribution in [0.2, 0.25) is 0 Å². The van der Waals surface area contributed by atoms with E-state index < -0.39 is 0 Å². The van der Waals surface area contributed by atoms with E-state index in [0.29, 0.717) is 12.6 Å². The molecule has 2 fully saturated rings. The van der Waals surface area contributed by atoms with E-state index in [2.05, 4.69) is 17.2 Å². The van der Waals surface area contributed by atoms with Crippen LogP contribution in [-0.2, 0) is 10.2 Å². The average molecular weight is 307 g/mol.